The predicted octanol–water partition coefficient (Wildman–Crippen LogP) is 3.55. The number of allylic oxidation sites excluding steroid dienone is 2. The Morgan fingerprint density at radius 2 is 2.10 bits per heavy atom. The van der Waals surface area contributed by atoms with Crippen molar-refractivity contribution in [1.82, 2.24) is 10.2 Å². The molecule has 5 heteroatoms. The SMILES string of the molecule is CN1C(=CC=Nc2nncs2)C(C)(C)c2ccccc21. The van der Waals surface area contributed by atoms with Crippen molar-refractivity contribution < 1.29 is 0 Å². The van der Waals surface area contributed by atoms with E-state index < -0.39 is 0 Å². The molecule has 2 aromatic rings. The largest absolute Gasteiger partial charge is 0.347 e. The molecular weight excluding hydrogens is 268 g/mol. The van der Waals surface area contributed by atoms with E-state index in [4.69, 9.17) is 0 Å². The quantitative estimate of drug-likeness (QED) is 0.792. The van der Waals surface area contributed by atoms with Crippen LogP contribution in [0.15, 0.2) is 46.5 Å². The summed E-state index contributed by atoms with van der Waals surface area (Å²) in [6.07, 6.45) is 3.86. The molecule has 3 rings (SSSR count). The van der Waals surface area contributed by atoms with E-state index in [1.165, 1.54) is 28.3 Å². The molecule has 0 N–H and O–H groups in total. The Morgan fingerprint density at radius 1 is 1.30 bits per heavy atom. The maximum absolute atomic E-state index is 4.31. The van der Waals surface area contributed by atoms with Gasteiger partial charge in [-0.3, -0.25) is 0 Å². The molecule has 0 saturated carbocycles. The minimum absolute atomic E-state index is 0.0154. The lowest BCUT2D eigenvalue weighted by Gasteiger charge is -2.23. The lowest BCUT2D eigenvalue weighted by atomic mass is 9.84. The number of aliphatic imine (C=N–C) groups is 1. The Labute approximate surface area is 122 Å². The molecule has 1 aliphatic heterocycles. The molecule has 0 saturated heterocycles. The molecule has 0 atom stereocenters. The van der Waals surface area contributed by atoms with Gasteiger partial charge < -0.3 is 4.90 Å². The van der Waals surface area contributed by atoms with Gasteiger partial charge in [0.2, 0.25) is 5.13 Å². The van der Waals surface area contributed by atoms with Gasteiger partial charge in [0.25, 0.3) is 0 Å². The van der Waals surface area contributed by atoms with Crippen molar-refractivity contribution in [2.75, 3.05) is 11.9 Å². The monoisotopic (exact) mass is 284 g/mol. The van der Waals surface area contributed by atoms with E-state index in [0.29, 0.717) is 5.13 Å². The zero-order valence-electron chi connectivity index (χ0n) is 11.7. The number of hydrogen-bond acceptors (Lipinski definition) is 5. The molecule has 2 heterocycles. The van der Waals surface area contributed by atoms with Crippen LogP contribution in [0.1, 0.15) is 19.4 Å². The molecule has 1 aromatic heterocycles. The van der Waals surface area contributed by atoms with Gasteiger partial charge in [-0.05, 0) is 17.7 Å². The van der Waals surface area contributed by atoms with E-state index in [9.17, 15) is 0 Å². The van der Waals surface area contributed by atoms with Gasteiger partial charge in [-0.2, -0.15) is 0 Å². The van der Waals surface area contributed by atoms with E-state index in [-0.39, 0.29) is 5.41 Å². The third kappa shape index (κ3) is 2.04. The molecule has 1 aromatic carbocycles. The van der Waals surface area contributed by atoms with Crippen LogP contribution >= 0.6 is 11.3 Å². The van der Waals surface area contributed by atoms with Gasteiger partial charge in [0.1, 0.15) is 5.51 Å². The highest BCUT2D eigenvalue weighted by Gasteiger charge is 2.37. The lowest BCUT2D eigenvalue weighted by molar-refractivity contribution is 0.641. The number of benzene rings is 1. The summed E-state index contributed by atoms with van der Waals surface area (Å²) in [5, 5.41) is 8.35. The highest BCUT2D eigenvalue weighted by Crippen LogP contribution is 2.46. The van der Waals surface area contributed by atoms with Crippen LogP contribution in [-0.4, -0.2) is 23.5 Å². The van der Waals surface area contributed by atoms with E-state index in [1.54, 1.807) is 11.7 Å². The van der Waals surface area contributed by atoms with Crippen LogP contribution in [0.4, 0.5) is 10.8 Å². The van der Waals surface area contributed by atoms with Gasteiger partial charge in [0.15, 0.2) is 0 Å². The van der Waals surface area contributed by atoms with Gasteiger partial charge >= 0.3 is 0 Å². The zero-order valence-corrected chi connectivity index (χ0v) is 12.6. The summed E-state index contributed by atoms with van der Waals surface area (Å²) in [5.41, 5.74) is 5.50. The van der Waals surface area contributed by atoms with Crippen molar-refractivity contribution in [2.24, 2.45) is 4.99 Å². The molecule has 0 spiro atoms. The number of hydrogen-bond donors (Lipinski definition) is 0. The number of para-hydroxylation sites is 1. The van der Waals surface area contributed by atoms with Crippen LogP contribution < -0.4 is 4.90 Å². The molecule has 1 aliphatic rings. The Balaban J connectivity index is 1.95. The molecule has 0 aliphatic carbocycles. The van der Waals surface area contributed by atoms with Gasteiger partial charge in [-0.1, -0.05) is 43.4 Å². The predicted molar refractivity (Wildman–Crippen MR) is 84.0 cm³/mol. The van der Waals surface area contributed by atoms with Crippen LogP contribution in [0.2, 0.25) is 0 Å². The van der Waals surface area contributed by atoms with Gasteiger partial charge in [-0.25, -0.2) is 4.99 Å². The van der Waals surface area contributed by atoms with E-state index in [2.05, 4.69) is 71.3 Å². The molecule has 0 fully saturated rings. The summed E-state index contributed by atoms with van der Waals surface area (Å²) in [4.78, 5) is 6.53. The van der Waals surface area contributed by atoms with Crippen molar-refractivity contribution in [3.63, 3.8) is 0 Å². The van der Waals surface area contributed by atoms with Crippen LogP contribution in [0.3, 0.4) is 0 Å². The van der Waals surface area contributed by atoms with Crippen LogP contribution in [0.25, 0.3) is 0 Å². The maximum Gasteiger partial charge on any atom is 0.231 e. The van der Waals surface area contributed by atoms with E-state index in [0.717, 1.165) is 0 Å². The third-order valence-corrected chi connectivity index (χ3v) is 4.30. The van der Waals surface area contributed by atoms with Crippen molar-refractivity contribution in [1.29, 1.82) is 0 Å². The Hall–Kier alpha value is -2.01. The van der Waals surface area contributed by atoms with Gasteiger partial charge in [0, 0.05) is 30.1 Å². The summed E-state index contributed by atoms with van der Waals surface area (Å²) in [5.74, 6) is 0. The van der Waals surface area contributed by atoms with E-state index >= 15 is 0 Å². The highest BCUT2D eigenvalue weighted by molar-refractivity contribution is 7.13. The first-order valence-electron chi connectivity index (χ1n) is 6.45. The second-order valence-corrected chi connectivity index (χ2v) is 6.06. The van der Waals surface area contributed by atoms with Crippen LogP contribution in [-0.2, 0) is 5.41 Å². The van der Waals surface area contributed by atoms with Crippen molar-refractivity contribution >= 4 is 28.4 Å². The summed E-state index contributed by atoms with van der Waals surface area (Å²) in [7, 11) is 2.10. The smallest absolute Gasteiger partial charge is 0.231 e. The van der Waals surface area contributed by atoms with Gasteiger partial charge in [-0.15, -0.1) is 10.2 Å². The molecular formula is C15H16N4S. The van der Waals surface area contributed by atoms with E-state index in [1.807, 2.05) is 0 Å². The summed E-state index contributed by atoms with van der Waals surface area (Å²) >= 11 is 1.43. The average Bonchev–Trinajstić information content (AvgIpc) is 3.01. The number of aromatic nitrogens is 2. The number of fused-ring (bicyclic) bond motifs is 1. The third-order valence-electron chi connectivity index (χ3n) is 3.71. The van der Waals surface area contributed by atoms with Crippen molar-refractivity contribution in [3.8, 4) is 0 Å². The first kappa shape index (κ1) is 13.0. The number of rotatable bonds is 2. The first-order valence-corrected chi connectivity index (χ1v) is 7.33. The van der Waals surface area contributed by atoms with Gasteiger partial charge in [0.05, 0.1) is 0 Å². The molecule has 20 heavy (non-hydrogen) atoms. The molecule has 0 unspecified atom stereocenters. The molecule has 0 bridgehead atoms. The lowest BCUT2D eigenvalue weighted by Crippen LogP contribution is -2.22. The molecule has 4 nitrogen and oxygen atoms in total. The normalized spacial score (nSPS) is 18.9. The fourth-order valence-corrected chi connectivity index (χ4v) is 3.10. The molecule has 102 valence electrons. The standard InChI is InChI=1S/C15H16N4S/c1-15(2)11-6-4-5-7-12(11)19(3)13(15)8-9-16-14-18-17-10-20-14/h4-10H,1-3H3. The second-order valence-electron chi connectivity index (χ2n) is 5.25. The number of likely N-dealkylation sites (N-methyl/N-ethyl adjacent to an activating group) is 1. The Bertz CT molecular complexity index is 671. The Kier molecular flexibility index (Phi) is 3.14. The van der Waals surface area contributed by atoms with Crippen LogP contribution in [0.5, 0.6) is 0 Å². The fraction of sp³-hybridized carbons (Fsp3) is 0.267. The number of anilines is 1. The maximum atomic E-state index is 4.31. The Morgan fingerprint density at radius 3 is 2.80 bits per heavy atom. The summed E-state index contributed by atoms with van der Waals surface area (Å²) in [6.45, 7) is 4.47. The van der Waals surface area contributed by atoms with Crippen LogP contribution in [0, 0.1) is 0 Å². The van der Waals surface area contributed by atoms with Crippen molar-refractivity contribution in [3.05, 3.63) is 47.1 Å². The average molecular weight is 284 g/mol. The second kappa shape index (κ2) is 4.83. The minimum Gasteiger partial charge on any atom is -0.347 e. The zero-order chi connectivity index (χ0) is 14.2. The topological polar surface area (TPSA) is 41.4 Å². The number of nitrogens with zero attached hydrogens (tertiary/aromatic N) is 4. The first-order chi connectivity index (χ1) is 9.60. The summed E-state index contributed by atoms with van der Waals surface area (Å²) in [6, 6.07) is 8.50. The highest BCUT2D eigenvalue weighted by atomic mass is 32.1. The molecule has 0 amide bonds. The summed E-state index contributed by atoms with van der Waals surface area (Å²) < 4.78 is 0. The van der Waals surface area contributed by atoms with Crippen molar-refractivity contribution in [2.45, 2.75) is 19.3 Å². The molecule has 0 radical (unpaired) electrons. The minimum atomic E-state index is -0.0154. The fourth-order valence-electron chi connectivity index (χ4n) is 2.70.